The van der Waals surface area contributed by atoms with Gasteiger partial charge in [-0.25, -0.2) is 4.68 Å². The lowest BCUT2D eigenvalue weighted by atomic mass is 10.1. The second-order valence-electron chi connectivity index (χ2n) is 6.75. The Balaban J connectivity index is 1.57. The Morgan fingerprint density at radius 3 is 2.53 bits per heavy atom. The van der Waals surface area contributed by atoms with Crippen LogP contribution in [-0.4, -0.2) is 35.2 Å². The molecule has 1 aromatic heterocycles. The maximum Gasteiger partial charge on any atom is 0.267 e. The zero-order valence-electron chi connectivity index (χ0n) is 16.6. The molecule has 0 saturated heterocycles. The molecule has 3 aromatic rings. The van der Waals surface area contributed by atoms with Crippen LogP contribution < -0.4 is 20.3 Å². The number of amides is 1. The molecule has 1 amide bonds. The van der Waals surface area contributed by atoms with E-state index in [1.54, 1.807) is 24.8 Å². The van der Waals surface area contributed by atoms with Crippen LogP contribution in [0.1, 0.15) is 13.0 Å². The summed E-state index contributed by atoms with van der Waals surface area (Å²) in [5.74, 6) is 0.997. The first kappa shape index (κ1) is 20.0. The standard InChI is InChI=1S/C22H21N3O4S/c1-14(22(27)23-16-4-6-17(30-2)7-5-16)25-21(26)10-8-18(24-25)15-3-9-19-20(13-15)29-12-11-28-19/h3-10,13-14H,11-12H2,1-2H3,(H,23,27). The summed E-state index contributed by atoms with van der Waals surface area (Å²) in [6.45, 7) is 2.65. The molecule has 7 nitrogen and oxygen atoms in total. The van der Waals surface area contributed by atoms with Gasteiger partial charge < -0.3 is 14.8 Å². The second-order valence-corrected chi connectivity index (χ2v) is 7.63. The Morgan fingerprint density at radius 1 is 1.07 bits per heavy atom. The molecule has 0 bridgehead atoms. The number of carbonyl (C=O) groups excluding carboxylic acids is 1. The van der Waals surface area contributed by atoms with E-state index in [9.17, 15) is 9.59 Å². The Hall–Kier alpha value is -3.26. The number of nitrogens with zero attached hydrogens (tertiary/aromatic N) is 2. The van der Waals surface area contributed by atoms with Crippen LogP contribution in [-0.2, 0) is 4.79 Å². The number of hydrogen-bond acceptors (Lipinski definition) is 6. The number of hydrogen-bond donors (Lipinski definition) is 1. The molecule has 30 heavy (non-hydrogen) atoms. The molecule has 0 spiro atoms. The number of fused-ring (bicyclic) bond motifs is 1. The maximum atomic E-state index is 12.7. The van der Waals surface area contributed by atoms with Crippen molar-refractivity contribution in [1.82, 2.24) is 9.78 Å². The van der Waals surface area contributed by atoms with Crippen LogP contribution in [0.25, 0.3) is 11.3 Å². The highest BCUT2D eigenvalue weighted by Gasteiger charge is 2.19. The van der Waals surface area contributed by atoms with Crippen LogP contribution in [0, 0.1) is 0 Å². The minimum atomic E-state index is -0.783. The molecule has 1 aliphatic rings. The number of anilines is 1. The number of nitrogens with one attached hydrogen (secondary N) is 1. The molecular formula is C22H21N3O4S. The lowest BCUT2D eigenvalue weighted by Crippen LogP contribution is -2.33. The molecule has 1 unspecified atom stereocenters. The van der Waals surface area contributed by atoms with Gasteiger partial charge in [0.15, 0.2) is 11.5 Å². The van der Waals surface area contributed by atoms with Crippen molar-refractivity contribution >= 4 is 23.4 Å². The highest BCUT2D eigenvalue weighted by atomic mass is 32.2. The van der Waals surface area contributed by atoms with Gasteiger partial charge in [0.2, 0.25) is 5.91 Å². The van der Waals surface area contributed by atoms with Crippen LogP contribution in [0.3, 0.4) is 0 Å². The molecule has 2 heterocycles. The van der Waals surface area contributed by atoms with Gasteiger partial charge in [-0.05, 0) is 61.7 Å². The zero-order valence-corrected chi connectivity index (χ0v) is 17.4. The third-order valence-corrected chi connectivity index (χ3v) is 5.51. The van der Waals surface area contributed by atoms with Crippen LogP contribution in [0.4, 0.5) is 5.69 Å². The Kier molecular flexibility index (Phi) is 5.76. The molecule has 1 N–H and O–H groups in total. The van der Waals surface area contributed by atoms with Crippen LogP contribution >= 0.6 is 11.8 Å². The van der Waals surface area contributed by atoms with Crippen molar-refractivity contribution < 1.29 is 14.3 Å². The summed E-state index contributed by atoms with van der Waals surface area (Å²) in [5.41, 5.74) is 1.65. The van der Waals surface area contributed by atoms with Crippen LogP contribution in [0.15, 0.2) is 64.3 Å². The summed E-state index contributed by atoms with van der Waals surface area (Å²) in [6, 6.07) is 15.3. The van der Waals surface area contributed by atoms with Crippen molar-refractivity contribution in [3.63, 3.8) is 0 Å². The SMILES string of the molecule is CSc1ccc(NC(=O)C(C)n2nc(-c3ccc4c(c3)OCCO4)ccc2=O)cc1. The smallest absolute Gasteiger partial charge is 0.267 e. The molecule has 1 aliphatic heterocycles. The molecule has 154 valence electrons. The largest absolute Gasteiger partial charge is 0.486 e. The van der Waals surface area contributed by atoms with Gasteiger partial charge in [-0.15, -0.1) is 11.8 Å². The zero-order chi connectivity index (χ0) is 21.1. The minimum absolute atomic E-state index is 0.319. The number of benzene rings is 2. The van der Waals surface area contributed by atoms with Gasteiger partial charge in [-0.1, -0.05) is 0 Å². The fourth-order valence-corrected chi connectivity index (χ4v) is 3.50. The minimum Gasteiger partial charge on any atom is -0.486 e. The van der Waals surface area contributed by atoms with E-state index in [1.807, 2.05) is 48.7 Å². The topological polar surface area (TPSA) is 82.5 Å². The predicted octanol–water partition coefficient (Wildman–Crippen LogP) is 3.60. The molecule has 8 heteroatoms. The summed E-state index contributed by atoms with van der Waals surface area (Å²) in [6.07, 6.45) is 1.99. The molecular weight excluding hydrogens is 402 g/mol. The molecule has 0 aliphatic carbocycles. The van der Waals surface area contributed by atoms with E-state index in [0.717, 1.165) is 10.5 Å². The molecule has 0 radical (unpaired) electrons. The summed E-state index contributed by atoms with van der Waals surface area (Å²) in [5, 5.41) is 7.26. The molecule has 4 rings (SSSR count). The van der Waals surface area contributed by atoms with E-state index in [4.69, 9.17) is 9.47 Å². The van der Waals surface area contributed by atoms with Gasteiger partial charge >= 0.3 is 0 Å². The Bertz CT molecular complexity index is 1130. The van der Waals surface area contributed by atoms with E-state index in [0.29, 0.717) is 36.1 Å². The molecule has 0 saturated carbocycles. The normalized spacial score (nSPS) is 13.5. The van der Waals surface area contributed by atoms with Gasteiger partial charge in [-0.2, -0.15) is 5.10 Å². The van der Waals surface area contributed by atoms with Gasteiger partial charge in [0.25, 0.3) is 5.56 Å². The van der Waals surface area contributed by atoms with E-state index in [-0.39, 0.29) is 11.5 Å². The highest BCUT2D eigenvalue weighted by molar-refractivity contribution is 7.98. The van der Waals surface area contributed by atoms with Gasteiger partial charge in [-0.3, -0.25) is 9.59 Å². The monoisotopic (exact) mass is 423 g/mol. The molecule has 0 fully saturated rings. The average Bonchev–Trinajstić information content (AvgIpc) is 2.79. The molecule has 2 aromatic carbocycles. The van der Waals surface area contributed by atoms with E-state index in [2.05, 4.69) is 10.4 Å². The van der Waals surface area contributed by atoms with E-state index in [1.165, 1.54) is 10.7 Å². The average molecular weight is 423 g/mol. The summed E-state index contributed by atoms with van der Waals surface area (Å²) in [7, 11) is 0. The Morgan fingerprint density at radius 2 is 1.80 bits per heavy atom. The molecule has 1 atom stereocenters. The number of ether oxygens (including phenoxy) is 2. The third kappa shape index (κ3) is 4.18. The Labute approximate surface area is 178 Å². The first-order chi connectivity index (χ1) is 14.5. The first-order valence-corrected chi connectivity index (χ1v) is 10.7. The number of carbonyl (C=O) groups is 1. The lowest BCUT2D eigenvalue weighted by molar-refractivity contribution is -0.119. The van der Waals surface area contributed by atoms with E-state index < -0.39 is 6.04 Å². The lowest BCUT2D eigenvalue weighted by Gasteiger charge is -2.19. The number of aromatic nitrogens is 2. The van der Waals surface area contributed by atoms with Crippen LogP contribution in [0.5, 0.6) is 11.5 Å². The van der Waals surface area contributed by atoms with Crippen molar-refractivity contribution in [3.8, 4) is 22.8 Å². The fourth-order valence-electron chi connectivity index (χ4n) is 3.09. The summed E-state index contributed by atoms with van der Waals surface area (Å²) >= 11 is 1.62. The second kappa shape index (κ2) is 8.62. The first-order valence-electron chi connectivity index (χ1n) is 9.50. The van der Waals surface area contributed by atoms with Crippen molar-refractivity contribution in [2.75, 3.05) is 24.8 Å². The summed E-state index contributed by atoms with van der Waals surface area (Å²) in [4.78, 5) is 26.2. The summed E-state index contributed by atoms with van der Waals surface area (Å²) < 4.78 is 12.4. The van der Waals surface area contributed by atoms with Crippen molar-refractivity contribution in [2.24, 2.45) is 0 Å². The number of thioether (sulfide) groups is 1. The van der Waals surface area contributed by atoms with Gasteiger partial charge in [0.1, 0.15) is 19.3 Å². The van der Waals surface area contributed by atoms with Gasteiger partial charge in [0, 0.05) is 22.2 Å². The predicted molar refractivity (Wildman–Crippen MR) is 116 cm³/mol. The maximum absolute atomic E-state index is 12.7. The van der Waals surface area contributed by atoms with E-state index >= 15 is 0 Å². The van der Waals surface area contributed by atoms with Gasteiger partial charge in [0.05, 0.1) is 5.69 Å². The fraction of sp³-hybridized carbons (Fsp3) is 0.227. The van der Waals surface area contributed by atoms with Crippen molar-refractivity contribution in [1.29, 1.82) is 0 Å². The van der Waals surface area contributed by atoms with Crippen LogP contribution in [0.2, 0.25) is 0 Å². The third-order valence-electron chi connectivity index (χ3n) is 4.77. The number of rotatable bonds is 5. The van der Waals surface area contributed by atoms with Crippen molar-refractivity contribution in [2.45, 2.75) is 17.9 Å². The highest BCUT2D eigenvalue weighted by Crippen LogP contribution is 2.33. The van der Waals surface area contributed by atoms with Crippen molar-refractivity contribution in [3.05, 3.63) is 65.0 Å². The quantitative estimate of drug-likeness (QED) is 0.632.